The summed E-state index contributed by atoms with van der Waals surface area (Å²) < 4.78 is 15.0. The van der Waals surface area contributed by atoms with E-state index in [4.69, 9.17) is 0 Å². The van der Waals surface area contributed by atoms with Crippen molar-refractivity contribution < 1.29 is 4.55 Å². The average Bonchev–Trinajstić information content (AvgIpc) is 1.98. The summed E-state index contributed by atoms with van der Waals surface area (Å²) >= 11 is -0.932. The first-order valence-corrected chi connectivity index (χ1v) is 7.15. The van der Waals surface area contributed by atoms with E-state index in [1.165, 1.54) is 19.3 Å². The fourth-order valence-corrected chi connectivity index (χ4v) is 2.73. The summed E-state index contributed by atoms with van der Waals surface area (Å²) in [6, 6.07) is 0.357. The second kappa shape index (κ2) is 5.07. The predicted octanol–water partition coefficient (Wildman–Crippen LogP) is 2.86. The van der Waals surface area contributed by atoms with Crippen LogP contribution in [0.25, 0.3) is 0 Å². The molecule has 3 unspecified atom stereocenters. The van der Waals surface area contributed by atoms with E-state index >= 15 is 0 Å². The number of rotatable bonds is 4. The topological polar surface area (TPSA) is 35.1 Å². The van der Waals surface area contributed by atoms with Crippen molar-refractivity contribution in [3.05, 3.63) is 0 Å². The van der Waals surface area contributed by atoms with E-state index in [-0.39, 0.29) is 4.75 Å². The molecule has 1 saturated carbocycles. The van der Waals surface area contributed by atoms with Crippen molar-refractivity contribution in [2.75, 3.05) is 0 Å². The zero-order chi connectivity index (χ0) is 11.6. The Labute approximate surface area is 97.5 Å². The average molecular weight is 231 g/mol. The Bertz CT molecular complexity index is 198. The quantitative estimate of drug-likeness (QED) is 0.755. The molecule has 90 valence electrons. The van der Waals surface area contributed by atoms with E-state index in [9.17, 15) is 4.55 Å². The van der Waals surface area contributed by atoms with Crippen molar-refractivity contribution in [2.24, 2.45) is 11.8 Å². The highest BCUT2D eigenvalue weighted by Gasteiger charge is 2.33. The molecular formula is C12H25NOS. The summed E-state index contributed by atoms with van der Waals surface area (Å²) in [4.78, 5) is 0. The van der Waals surface area contributed by atoms with Gasteiger partial charge in [-0.05, 0) is 39.5 Å². The number of nitrogens with one attached hydrogen (secondary N) is 1. The van der Waals surface area contributed by atoms with Gasteiger partial charge in [0.25, 0.3) is 0 Å². The monoisotopic (exact) mass is 231 g/mol. The summed E-state index contributed by atoms with van der Waals surface area (Å²) in [5.41, 5.74) is 0. The molecule has 0 spiro atoms. The van der Waals surface area contributed by atoms with Crippen LogP contribution in [0.2, 0.25) is 0 Å². The molecule has 0 aromatic carbocycles. The third-order valence-corrected chi connectivity index (χ3v) is 5.23. The maximum Gasteiger partial charge on any atom is 0.136 e. The Morgan fingerprint density at radius 1 is 1.27 bits per heavy atom. The molecule has 0 radical (unpaired) electrons. The maximum absolute atomic E-state index is 11.9. The van der Waals surface area contributed by atoms with Crippen LogP contribution in [0.15, 0.2) is 0 Å². The van der Waals surface area contributed by atoms with Crippen LogP contribution in [0.5, 0.6) is 0 Å². The van der Waals surface area contributed by atoms with E-state index in [0.717, 1.165) is 5.92 Å². The second-order valence-corrected chi connectivity index (χ2v) is 7.84. The molecule has 1 rings (SSSR count). The van der Waals surface area contributed by atoms with Gasteiger partial charge in [0.05, 0.1) is 6.04 Å². The Balaban J connectivity index is 2.36. The highest BCUT2D eigenvalue weighted by Crippen LogP contribution is 2.35. The Kier molecular flexibility index (Phi) is 4.50. The molecular weight excluding hydrogens is 206 g/mol. The Morgan fingerprint density at radius 3 is 2.13 bits per heavy atom. The zero-order valence-corrected chi connectivity index (χ0v) is 11.5. The van der Waals surface area contributed by atoms with Crippen molar-refractivity contribution in [1.29, 1.82) is 0 Å². The molecule has 3 atom stereocenters. The van der Waals surface area contributed by atoms with Crippen molar-refractivity contribution in [2.45, 2.75) is 64.7 Å². The van der Waals surface area contributed by atoms with Crippen LogP contribution in [-0.2, 0) is 11.4 Å². The van der Waals surface area contributed by atoms with Gasteiger partial charge in [0, 0.05) is 11.4 Å². The minimum absolute atomic E-state index is 0.159. The second-order valence-electron chi connectivity index (χ2n) is 5.84. The molecule has 1 fully saturated rings. The van der Waals surface area contributed by atoms with E-state index in [1.54, 1.807) is 0 Å². The maximum atomic E-state index is 11.9. The van der Waals surface area contributed by atoms with Crippen LogP contribution in [0.3, 0.4) is 0 Å². The van der Waals surface area contributed by atoms with Crippen LogP contribution in [0.1, 0.15) is 53.9 Å². The van der Waals surface area contributed by atoms with Crippen LogP contribution in [0.4, 0.5) is 0 Å². The van der Waals surface area contributed by atoms with Gasteiger partial charge >= 0.3 is 0 Å². The molecule has 0 heterocycles. The Hall–Kier alpha value is 0.270. The molecule has 0 saturated heterocycles. The normalized spacial score (nSPS) is 24.4. The van der Waals surface area contributed by atoms with Crippen LogP contribution < -0.4 is 4.72 Å². The van der Waals surface area contributed by atoms with Gasteiger partial charge in [0.1, 0.15) is 4.75 Å². The molecule has 1 aliphatic carbocycles. The first-order valence-electron chi connectivity index (χ1n) is 6.00. The lowest BCUT2D eigenvalue weighted by Crippen LogP contribution is -2.47. The van der Waals surface area contributed by atoms with Gasteiger partial charge in [-0.1, -0.05) is 26.2 Å². The smallest absolute Gasteiger partial charge is 0.136 e. The number of hydrogen-bond acceptors (Lipinski definition) is 2. The van der Waals surface area contributed by atoms with Gasteiger partial charge in [0.15, 0.2) is 0 Å². The van der Waals surface area contributed by atoms with Gasteiger partial charge in [0.2, 0.25) is 0 Å². The van der Waals surface area contributed by atoms with Gasteiger partial charge < -0.3 is 4.55 Å². The molecule has 2 nitrogen and oxygen atoms in total. The summed E-state index contributed by atoms with van der Waals surface area (Å²) in [7, 11) is 0. The molecule has 1 aliphatic rings. The molecule has 0 aromatic rings. The zero-order valence-electron chi connectivity index (χ0n) is 10.7. The van der Waals surface area contributed by atoms with Crippen molar-refractivity contribution >= 4 is 11.4 Å². The third-order valence-electron chi connectivity index (χ3n) is 3.53. The highest BCUT2D eigenvalue weighted by molar-refractivity contribution is 7.90. The van der Waals surface area contributed by atoms with Gasteiger partial charge in [-0.2, -0.15) is 0 Å². The number of hydrogen-bond donors (Lipinski definition) is 1. The summed E-state index contributed by atoms with van der Waals surface area (Å²) in [6.07, 6.45) is 4.09. The van der Waals surface area contributed by atoms with Gasteiger partial charge in [-0.25, -0.2) is 0 Å². The lowest BCUT2D eigenvalue weighted by atomic mass is 9.74. The molecule has 1 N–H and O–H groups in total. The SMILES string of the molecule is CC(N[S+]([O-])C(C)(C)C)C(C)C1CCC1. The van der Waals surface area contributed by atoms with E-state index in [2.05, 4.69) is 18.6 Å². The summed E-state index contributed by atoms with van der Waals surface area (Å²) in [5, 5.41) is 0. The fourth-order valence-electron chi connectivity index (χ4n) is 1.83. The molecule has 0 bridgehead atoms. The fraction of sp³-hybridized carbons (Fsp3) is 1.00. The van der Waals surface area contributed by atoms with Crippen molar-refractivity contribution in [3.63, 3.8) is 0 Å². The minimum Gasteiger partial charge on any atom is -0.598 e. The highest BCUT2D eigenvalue weighted by atomic mass is 32.2. The lowest BCUT2D eigenvalue weighted by Gasteiger charge is -2.36. The molecule has 0 amide bonds. The van der Waals surface area contributed by atoms with Gasteiger partial charge in [-0.15, -0.1) is 4.72 Å². The van der Waals surface area contributed by atoms with Crippen LogP contribution in [-0.4, -0.2) is 15.3 Å². The minimum atomic E-state index is -0.932. The Morgan fingerprint density at radius 2 is 1.80 bits per heavy atom. The largest absolute Gasteiger partial charge is 0.598 e. The predicted molar refractivity (Wildman–Crippen MR) is 67.0 cm³/mol. The molecule has 3 heteroatoms. The molecule has 0 aromatic heterocycles. The lowest BCUT2D eigenvalue weighted by molar-refractivity contribution is 0.192. The van der Waals surface area contributed by atoms with Crippen molar-refractivity contribution in [1.82, 2.24) is 4.72 Å². The first kappa shape index (κ1) is 13.3. The van der Waals surface area contributed by atoms with Crippen LogP contribution in [0, 0.1) is 11.8 Å². The molecule has 15 heavy (non-hydrogen) atoms. The van der Waals surface area contributed by atoms with Gasteiger partial charge in [-0.3, -0.25) is 0 Å². The molecule has 0 aliphatic heterocycles. The summed E-state index contributed by atoms with van der Waals surface area (Å²) in [5.74, 6) is 1.49. The first-order chi connectivity index (χ1) is 6.82. The van der Waals surface area contributed by atoms with E-state index in [1.807, 2.05) is 20.8 Å². The third kappa shape index (κ3) is 3.65. The summed E-state index contributed by atoms with van der Waals surface area (Å²) in [6.45, 7) is 10.5. The standard InChI is InChI=1S/C12H25NOS/c1-9(11-7-6-8-11)10(2)13-15(14)12(3,4)5/h9-11,13H,6-8H2,1-5H3. The van der Waals surface area contributed by atoms with Crippen molar-refractivity contribution in [3.8, 4) is 0 Å². The van der Waals surface area contributed by atoms with E-state index in [0.29, 0.717) is 12.0 Å². The van der Waals surface area contributed by atoms with E-state index < -0.39 is 11.4 Å². The van der Waals surface area contributed by atoms with Crippen LogP contribution >= 0.6 is 0 Å².